The summed E-state index contributed by atoms with van der Waals surface area (Å²) in [7, 11) is 1.96. The third-order valence-electron chi connectivity index (χ3n) is 3.17. The fraction of sp³-hybridized carbons (Fsp3) is 0.286. The molecule has 1 atom stereocenters. The minimum atomic E-state index is 0.0961. The van der Waals surface area contributed by atoms with Gasteiger partial charge in [-0.25, -0.2) is 4.98 Å². The summed E-state index contributed by atoms with van der Waals surface area (Å²) in [4.78, 5) is 18.0. The fourth-order valence-electron chi connectivity index (χ4n) is 1.84. The summed E-state index contributed by atoms with van der Waals surface area (Å²) in [6, 6.07) is 7.86. The summed E-state index contributed by atoms with van der Waals surface area (Å²) in [5.74, 6) is 0. The van der Waals surface area contributed by atoms with Gasteiger partial charge < -0.3 is 4.90 Å². The Labute approximate surface area is 121 Å². The highest BCUT2D eigenvalue weighted by atomic mass is 35.5. The van der Waals surface area contributed by atoms with Gasteiger partial charge in [0.1, 0.15) is 0 Å². The molecule has 0 fully saturated rings. The molecule has 1 aromatic carbocycles. The second-order valence-corrected chi connectivity index (χ2v) is 5.79. The van der Waals surface area contributed by atoms with Crippen molar-refractivity contribution in [1.82, 2.24) is 4.98 Å². The molecule has 0 aliphatic heterocycles. The van der Waals surface area contributed by atoms with Crippen molar-refractivity contribution in [1.29, 1.82) is 0 Å². The Balaban J connectivity index is 2.30. The normalized spacial score (nSPS) is 12.2. The molecule has 0 radical (unpaired) electrons. The van der Waals surface area contributed by atoms with E-state index in [2.05, 4.69) is 11.9 Å². The average Bonchev–Trinajstić information content (AvgIpc) is 2.79. The zero-order valence-corrected chi connectivity index (χ0v) is 12.6. The van der Waals surface area contributed by atoms with E-state index < -0.39 is 0 Å². The number of aryl methyl sites for hydroxylation is 1. The second-order valence-electron chi connectivity index (χ2n) is 4.37. The van der Waals surface area contributed by atoms with E-state index in [9.17, 15) is 4.79 Å². The van der Waals surface area contributed by atoms with Crippen molar-refractivity contribution in [2.45, 2.75) is 19.9 Å². The molecule has 0 saturated carbocycles. The minimum Gasteiger partial charge on any atom is -0.344 e. The first-order valence-corrected chi connectivity index (χ1v) is 7.14. The van der Waals surface area contributed by atoms with Crippen molar-refractivity contribution in [3.05, 3.63) is 45.4 Å². The zero-order valence-electron chi connectivity index (χ0n) is 11.1. The minimum absolute atomic E-state index is 0.0961. The lowest BCUT2D eigenvalue weighted by Gasteiger charge is -2.25. The lowest BCUT2D eigenvalue weighted by Crippen LogP contribution is -2.21. The highest BCUT2D eigenvalue weighted by Gasteiger charge is 2.18. The van der Waals surface area contributed by atoms with E-state index in [0.717, 1.165) is 27.7 Å². The van der Waals surface area contributed by atoms with E-state index in [1.165, 1.54) is 11.3 Å². The van der Waals surface area contributed by atoms with Crippen LogP contribution in [0, 0.1) is 6.92 Å². The van der Waals surface area contributed by atoms with Crippen LogP contribution >= 0.6 is 22.9 Å². The lowest BCUT2D eigenvalue weighted by atomic mass is 10.1. The van der Waals surface area contributed by atoms with Gasteiger partial charge in [-0.15, -0.1) is 0 Å². The summed E-state index contributed by atoms with van der Waals surface area (Å²) in [6.07, 6.45) is 0.852. The summed E-state index contributed by atoms with van der Waals surface area (Å²) >= 11 is 7.61. The highest BCUT2D eigenvalue weighted by molar-refractivity contribution is 7.17. The maximum atomic E-state index is 10.9. The fourth-order valence-corrected chi connectivity index (χ4v) is 3.06. The predicted molar refractivity (Wildman–Crippen MR) is 80.5 cm³/mol. The number of carbonyl (C=O) groups excluding carboxylic acids is 1. The van der Waals surface area contributed by atoms with E-state index in [0.29, 0.717) is 4.88 Å². The average molecular weight is 295 g/mol. The number of benzene rings is 1. The molecule has 19 heavy (non-hydrogen) atoms. The van der Waals surface area contributed by atoms with Crippen LogP contribution in [-0.4, -0.2) is 18.3 Å². The Kier molecular flexibility index (Phi) is 4.22. The molecule has 0 aliphatic carbocycles. The summed E-state index contributed by atoms with van der Waals surface area (Å²) in [6.45, 7) is 3.91. The summed E-state index contributed by atoms with van der Waals surface area (Å²) < 4.78 is 0. The summed E-state index contributed by atoms with van der Waals surface area (Å²) in [5.41, 5.74) is 1.82. The van der Waals surface area contributed by atoms with Crippen molar-refractivity contribution in [2.24, 2.45) is 0 Å². The Morgan fingerprint density at radius 1 is 1.42 bits per heavy atom. The topological polar surface area (TPSA) is 33.2 Å². The van der Waals surface area contributed by atoms with Crippen LogP contribution in [-0.2, 0) is 0 Å². The Morgan fingerprint density at radius 2 is 2.11 bits per heavy atom. The van der Waals surface area contributed by atoms with Crippen molar-refractivity contribution in [3.8, 4) is 0 Å². The van der Waals surface area contributed by atoms with E-state index in [1.807, 2.05) is 43.1 Å². The summed E-state index contributed by atoms with van der Waals surface area (Å²) in [5, 5.41) is 1.57. The highest BCUT2D eigenvalue weighted by Crippen LogP contribution is 2.32. The molecule has 2 aromatic rings. The first-order chi connectivity index (χ1) is 9.04. The van der Waals surface area contributed by atoms with Crippen LogP contribution < -0.4 is 4.90 Å². The molecule has 1 aromatic heterocycles. The Bertz CT molecular complexity index is 597. The van der Waals surface area contributed by atoms with Crippen LogP contribution in [0.15, 0.2) is 24.3 Å². The van der Waals surface area contributed by atoms with Gasteiger partial charge in [0.25, 0.3) is 0 Å². The molecule has 3 nitrogen and oxygen atoms in total. The zero-order chi connectivity index (χ0) is 14.0. The van der Waals surface area contributed by atoms with E-state index >= 15 is 0 Å². The Morgan fingerprint density at radius 3 is 2.68 bits per heavy atom. The van der Waals surface area contributed by atoms with Crippen LogP contribution in [0.2, 0.25) is 5.02 Å². The number of hydrogen-bond acceptors (Lipinski definition) is 4. The third kappa shape index (κ3) is 2.80. The molecular weight excluding hydrogens is 280 g/mol. The molecule has 0 spiro atoms. The number of carbonyl (C=O) groups is 1. The smallest absolute Gasteiger partial charge is 0.186 e. The van der Waals surface area contributed by atoms with Crippen LogP contribution in [0.5, 0.6) is 0 Å². The van der Waals surface area contributed by atoms with Crippen LogP contribution in [0.1, 0.15) is 33.9 Å². The maximum absolute atomic E-state index is 10.9. The number of anilines is 1. The van der Waals surface area contributed by atoms with Gasteiger partial charge >= 0.3 is 0 Å². The first-order valence-electron chi connectivity index (χ1n) is 5.94. The Hall–Kier alpha value is -1.39. The molecule has 5 heteroatoms. The molecule has 100 valence electrons. The van der Waals surface area contributed by atoms with E-state index in [1.54, 1.807) is 0 Å². The molecule has 2 rings (SSSR count). The molecule has 0 aliphatic rings. The lowest BCUT2D eigenvalue weighted by molar-refractivity contribution is 0.112. The number of hydrogen-bond donors (Lipinski definition) is 0. The predicted octanol–water partition coefficient (Wildman–Crippen LogP) is 4.11. The SMILES string of the molecule is Cc1nc(N(C)C(C)c2ccccc2Cl)sc1C=O. The van der Waals surface area contributed by atoms with Crippen molar-refractivity contribution < 1.29 is 4.79 Å². The van der Waals surface area contributed by atoms with Gasteiger partial charge in [-0.05, 0) is 25.5 Å². The molecular formula is C14H15ClN2OS. The molecule has 0 N–H and O–H groups in total. The van der Waals surface area contributed by atoms with Gasteiger partial charge in [-0.2, -0.15) is 0 Å². The molecule has 0 saturated heterocycles. The standard InChI is InChI=1S/C14H15ClN2OS/c1-9-13(8-18)19-14(16-9)17(3)10(2)11-6-4-5-7-12(11)15/h4-8,10H,1-3H3. The van der Waals surface area contributed by atoms with E-state index in [4.69, 9.17) is 11.6 Å². The molecule has 0 bridgehead atoms. The largest absolute Gasteiger partial charge is 0.344 e. The maximum Gasteiger partial charge on any atom is 0.186 e. The second kappa shape index (κ2) is 5.72. The van der Waals surface area contributed by atoms with Gasteiger partial charge in [0.05, 0.1) is 16.6 Å². The molecule has 1 heterocycles. The molecule has 1 unspecified atom stereocenters. The number of thiazole rings is 1. The number of aldehydes is 1. The van der Waals surface area contributed by atoms with Gasteiger partial charge in [0, 0.05) is 12.1 Å². The van der Waals surface area contributed by atoms with Crippen LogP contribution in [0.3, 0.4) is 0 Å². The first kappa shape index (κ1) is 14.0. The van der Waals surface area contributed by atoms with Crippen molar-refractivity contribution in [2.75, 3.05) is 11.9 Å². The van der Waals surface area contributed by atoms with E-state index in [-0.39, 0.29) is 6.04 Å². The number of aromatic nitrogens is 1. The van der Waals surface area contributed by atoms with Crippen LogP contribution in [0.25, 0.3) is 0 Å². The van der Waals surface area contributed by atoms with Crippen LogP contribution in [0.4, 0.5) is 5.13 Å². The molecule has 0 amide bonds. The van der Waals surface area contributed by atoms with Gasteiger partial charge in [0.15, 0.2) is 11.4 Å². The van der Waals surface area contributed by atoms with Gasteiger partial charge in [0.2, 0.25) is 0 Å². The third-order valence-corrected chi connectivity index (χ3v) is 4.68. The van der Waals surface area contributed by atoms with Crippen molar-refractivity contribution >= 4 is 34.4 Å². The monoisotopic (exact) mass is 294 g/mol. The number of rotatable bonds is 4. The van der Waals surface area contributed by atoms with Gasteiger partial charge in [-0.3, -0.25) is 4.79 Å². The number of nitrogens with zero attached hydrogens (tertiary/aromatic N) is 2. The quantitative estimate of drug-likeness (QED) is 0.796. The number of halogens is 1. The van der Waals surface area contributed by atoms with Gasteiger partial charge in [-0.1, -0.05) is 41.1 Å². The van der Waals surface area contributed by atoms with Crippen molar-refractivity contribution in [3.63, 3.8) is 0 Å².